The van der Waals surface area contributed by atoms with E-state index in [0.29, 0.717) is 42.7 Å². The molecule has 22 heavy (non-hydrogen) atoms. The van der Waals surface area contributed by atoms with Gasteiger partial charge in [0.1, 0.15) is 4.21 Å². The van der Waals surface area contributed by atoms with Crippen LogP contribution in [0.1, 0.15) is 32.1 Å². The average molecular weight is 345 g/mol. The molecule has 1 aromatic heterocycles. The molecule has 0 atom stereocenters. The largest absolute Gasteiger partial charge is 0.340 e. The van der Waals surface area contributed by atoms with Crippen molar-refractivity contribution in [3.05, 3.63) is 17.0 Å². The zero-order chi connectivity index (χ0) is 16.3. The molecular formula is C15H24N2O3S2. The lowest BCUT2D eigenvalue weighted by atomic mass is 10.1. The van der Waals surface area contributed by atoms with Crippen molar-refractivity contribution in [3.8, 4) is 0 Å². The molecule has 0 spiro atoms. The number of hydrogen-bond donors (Lipinski definition) is 0. The normalized spacial score (nSPS) is 17.2. The number of piperazine rings is 1. The quantitative estimate of drug-likeness (QED) is 0.823. The fourth-order valence-electron chi connectivity index (χ4n) is 2.47. The summed E-state index contributed by atoms with van der Waals surface area (Å²) in [6.45, 7) is 7.77. The monoisotopic (exact) mass is 344 g/mol. The van der Waals surface area contributed by atoms with Gasteiger partial charge in [0.15, 0.2) is 0 Å². The molecule has 0 N–H and O–H groups in total. The second kappa shape index (κ2) is 7.10. The van der Waals surface area contributed by atoms with Crippen molar-refractivity contribution in [1.29, 1.82) is 0 Å². The maximum Gasteiger partial charge on any atom is 0.252 e. The summed E-state index contributed by atoms with van der Waals surface area (Å²) >= 11 is 1.34. The number of aryl methyl sites for hydroxylation is 1. The number of hydrogen-bond acceptors (Lipinski definition) is 4. The molecule has 1 saturated heterocycles. The van der Waals surface area contributed by atoms with Crippen molar-refractivity contribution in [2.24, 2.45) is 5.92 Å². The van der Waals surface area contributed by atoms with Gasteiger partial charge < -0.3 is 4.90 Å². The molecule has 2 heterocycles. The van der Waals surface area contributed by atoms with Gasteiger partial charge in [0, 0.05) is 37.5 Å². The zero-order valence-electron chi connectivity index (χ0n) is 13.4. The lowest BCUT2D eigenvalue weighted by molar-refractivity contribution is -0.133. The Hall–Kier alpha value is -0.920. The van der Waals surface area contributed by atoms with Crippen molar-refractivity contribution >= 4 is 27.3 Å². The molecular weight excluding hydrogens is 320 g/mol. The van der Waals surface area contributed by atoms with Crippen LogP contribution in [0.3, 0.4) is 0 Å². The van der Waals surface area contributed by atoms with Gasteiger partial charge in [0.05, 0.1) is 0 Å². The lowest BCUT2D eigenvalue weighted by Gasteiger charge is -2.34. The molecule has 0 saturated carbocycles. The summed E-state index contributed by atoms with van der Waals surface area (Å²) in [6, 6.07) is 3.56. The highest BCUT2D eigenvalue weighted by molar-refractivity contribution is 7.91. The van der Waals surface area contributed by atoms with Gasteiger partial charge in [-0.15, -0.1) is 11.3 Å². The van der Waals surface area contributed by atoms with E-state index in [1.807, 2.05) is 26.8 Å². The Kier molecular flexibility index (Phi) is 5.63. The van der Waals surface area contributed by atoms with Crippen molar-refractivity contribution < 1.29 is 13.2 Å². The van der Waals surface area contributed by atoms with E-state index in [1.165, 1.54) is 15.6 Å². The summed E-state index contributed by atoms with van der Waals surface area (Å²) in [4.78, 5) is 14.9. The Morgan fingerprint density at radius 2 is 1.86 bits per heavy atom. The fraction of sp³-hybridized carbons (Fsp3) is 0.667. The topological polar surface area (TPSA) is 57.7 Å². The molecule has 2 rings (SSSR count). The van der Waals surface area contributed by atoms with Crippen LogP contribution in [-0.4, -0.2) is 49.7 Å². The van der Waals surface area contributed by atoms with Crippen molar-refractivity contribution in [2.45, 2.75) is 37.8 Å². The first-order valence-electron chi connectivity index (χ1n) is 7.71. The van der Waals surface area contributed by atoms with Crippen molar-refractivity contribution in [1.82, 2.24) is 9.21 Å². The number of nitrogens with zero attached hydrogens (tertiary/aromatic N) is 2. The number of carbonyl (C=O) groups excluding carboxylic acids is 1. The first-order chi connectivity index (χ1) is 10.3. The van der Waals surface area contributed by atoms with Gasteiger partial charge >= 0.3 is 0 Å². The molecule has 0 bridgehead atoms. The zero-order valence-corrected chi connectivity index (χ0v) is 15.0. The van der Waals surface area contributed by atoms with Gasteiger partial charge in [0.2, 0.25) is 5.91 Å². The van der Waals surface area contributed by atoms with E-state index in [2.05, 4.69) is 0 Å². The molecule has 1 fully saturated rings. The van der Waals surface area contributed by atoms with Crippen LogP contribution in [0, 0.1) is 5.92 Å². The Bertz CT molecular complexity index is 614. The van der Waals surface area contributed by atoms with Gasteiger partial charge in [-0.1, -0.05) is 20.8 Å². The minimum Gasteiger partial charge on any atom is -0.340 e. The van der Waals surface area contributed by atoms with Gasteiger partial charge in [-0.3, -0.25) is 4.79 Å². The minimum absolute atomic E-state index is 0.122. The molecule has 5 nitrogen and oxygen atoms in total. The van der Waals surface area contributed by atoms with Crippen LogP contribution in [0.2, 0.25) is 0 Å². The smallest absolute Gasteiger partial charge is 0.252 e. The second-order valence-electron chi connectivity index (χ2n) is 5.96. The summed E-state index contributed by atoms with van der Waals surface area (Å²) < 4.78 is 27.1. The summed E-state index contributed by atoms with van der Waals surface area (Å²) in [5, 5.41) is 0. The third-order valence-corrected chi connectivity index (χ3v) is 7.35. The van der Waals surface area contributed by atoms with E-state index in [-0.39, 0.29) is 5.91 Å². The highest BCUT2D eigenvalue weighted by atomic mass is 32.2. The SMILES string of the molecule is CCc1ccc(S(=O)(=O)N2CCN(C(=O)CC(C)C)CC2)s1. The summed E-state index contributed by atoms with van der Waals surface area (Å²) in [5.74, 6) is 0.448. The van der Waals surface area contributed by atoms with Gasteiger partial charge in [0.25, 0.3) is 10.0 Å². The van der Waals surface area contributed by atoms with Crippen LogP contribution in [0.25, 0.3) is 0 Å². The summed E-state index contributed by atoms with van der Waals surface area (Å²) in [5.41, 5.74) is 0. The van der Waals surface area contributed by atoms with Gasteiger partial charge in [-0.2, -0.15) is 4.31 Å². The third kappa shape index (κ3) is 3.88. The molecule has 1 amide bonds. The van der Waals surface area contributed by atoms with E-state index in [4.69, 9.17) is 0 Å². The predicted octanol–water partition coefficient (Wildman–Crippen LogP) is 2.19. The van der Waals surface area contributed by atoms with Crippen LogP contribution >= 0.6 is 11.3 Å². The maximum absolute atomic E-state index is 12.6. The van der Waals surface area contributed by atoms with Crippen LogP contribution in [0.5, 0.6) is 0 Å². The van der Waals surface area contributed by atoms with E-state index >= 15 is 0 Å². The van der Waals surface area contributed by atoms with E-state index < -0.39 is 10.0 Å². The van der Waals surface area contributed by atoms with Crippen LogP contribution in [0.15, 0.2) is 16.3 Å². The van der Waals surface area contributed by atoms with Crippen molar-refractivity contribution in [3.63, 3.8) is 0 Å². The number of rotatable bonds is 5. The van der Waals surface area contributed by atoms with E-state index in [9.17, 15) is 13.2 Å². The maximum atomic E-state index is 12.6. The second-order valence-corrected chi connectivity index (χ2v) is 9.29. The van der Waals surface area contributed by atoms with Crippen LogP contribution in [-0.2, 0) is 21.2 Å². The minimum atomic E-state index is -3.41. The molecule has 0 radical (unpaired) electrons. The molecule has 0 aromatic carbocycles. The Labute approximate surface area is 137 Å². The number of amides is 1. The summed E-state index contributed by atoms with van der Waals surface area (Å²) in [6.07, 6.45) is 1.37. The van der Waals surface area contributed by atoms with Gasteiger partial charge in [-0.05, 0) is 24.5 Å². The molecule has 1 aliphatic rings. The number of sulfonamides is 1. The fourth-order valence-corrected chi connectivity index (χ4v) is 5.34. The Morgan fingerprint density at radius 1 is 1.23 bits per heavy atom. The lowest BCUT2D eigenvalue weighted by Crippen LogP contribution is -2.50. The number of carbonyl (C=O) groups is 1. The molecule has 124 valence electrons. The molecule has 0 unspecified atom stereocenters. The Balaban J connectivity index is 2.00. The average Bonchev–Trinajstić information content (AvgIpc) is 2.96. The summed E-state index contributed by atoms with van der Waals surface area (Å²) in [7, 11) is -3.41. The van der Waals surface area contributed by atoms with Gasteiger partial charge in [-0.25, -0.2) is 8.42 Å². The predicted molar refractivity (Wildman–Crippen MR) is 88.5 cm³/mol. The molecule has 0 aliphatic carbocycles. The van der Waals surface area contributed by atoms with Crippen LogP contribution in [0.4, 0.5) is 0 Å². The highest BCUT2D eigenvalue weighted by Gasteiger charge is 2.31. The van der Waals surface area contributed by atoms with Crippen LogP contribution < -0.4 is 0 Å². The first kappa shape index (κ1) is 17.4. The third-order valence-electron chi connectivity index (χ3n) is 3.75. The van der Waals surface area contributed by atoms with Crippen molar-refractivity contribution in [2.75, 3.05) is 26.2 Å². The first-order valence-corrected chi connectivity index (χ1v) is 9.97. The molecule has 1 aliphatic heterocycles. The number of thiophene rings is 1. The Morgan fingerprint density at radius 3 is 2.36 bits per heavy atom. The highest BCUT2D eigenvalue weighted by Crippen LogP contribution is 2.26. The molecule has 1 aromatic rings. The standard InChI is InChI=1S/C15H24N2O3S2/c1-4-13-5-6-15(21-13)22(19,20)17-9-7-16(8-10-17)14(18)11-12(2)3/h5-6,12H,4,7-11H2,1-3H3. The molecule has 7 heteroatoms. The van der Waals surface area contributed by atoms with E-state index in [0.717, 1.165) is 11.3 Å². The van der Waals surface area contributed by atoms with E-state index in [1.54, 1.807) is 11.0 Å².